The third-order valence-corrected chi connectivity index (χ3v) is 4.69. The zero-order valence-corrected chi connectivity index (χ0v) is 15.3. The minimum Gasteiger partial charge on any atom is -0.397 e. The van der Waals surface area contributed by atoms with Crippen molar-refractivity contribution in [3.05, 3.63) is 58.6 Å². The number of aryl methyl sites for hydroxylation is 3. The number of anilines is 2. The Kier molecular flexibility index (Phi) is 4.72. The van der Waals surface area contributed by atoms with E-state index >= 15 is 0 Å². The number of nitrogen functional groups attached to an aromatic ring is 1. The lowest BCUT2D eigenvalue weighted by Crippen LogP contribution is -2.23. The molecule has 0 aliphatic rings. The third-order valence-electron chi connectivity index (χ3n) is 4.02. The Morgan fingerprint density at radius 1 is 1.12 bits per heavy atom. The second-order valence-corrected chi connectivity index (χ2v) is 6.83. The summed E-state index contributed by atoms with van der Waals surface area (Å²) in [4.78, 5) is 8.34. The molecular weight excluding hydrogens is 330 g/mol. The van der Waals surface area contributed by atoms with Crippen molar-refractivity contribution >= 4 is 33.8 Å². The molecule has 0 unspecified atom stereocenters. The zero-order chi connectivity index (χ0) is 18.0. The van der Waals surface area contributed by atoms with Gasteiger partial charge in [0.05, 0.1) is 11.4 Å². The van der Waals surface area contributed by atoms with Crippen molar-refractivity contribution in [3.8, 4) is 11.1 Å². The number of aliphatic imine (C=N–C) groups is 1. The van der Waals surface area contributed by atoms with Gasteiger partial charge in [0.25, 0.3) is 0 Å². The van der Waals surface area contributed by atoms with Crippen LogP contribution >= 0.6 is 11.3 Å². The lowest BCUT2D eigenvalue weighted by Gasteiger charge is -2.16. The molecule has 0 saturated carbocycles. The van der Waals surface area contributed by atoms with Crippen LogP contribution in [0.3, 0.4) is 0 Å². The molecule has 6 heteroatoms. The molecule has 5 nitrogen and oxygen atoms in total. The maximum Gasteiger partial charge on any atom is 0.212 e. The molecule has 0 bridgehead atoms. The molecule has 0 saturated heterocycles. The molecule has 1 aromatic heterocycles. The average Bonchev–Trinajstić information content (AvgIpc) is 3.03. The summed E-state index contributed by atoms with van der Waals surface area (Å²) in [5, 5.41) is 5.55. The quantitative estimate of drug-likeness (QED) is 0.371. The van der Waals surface area contributed by atoms with Gasteiger partial charge >= 0.3 is 0 Å². The van der Waals surface area contributed by atoms with Gasteiger partial charge in [-0.15, -0.1) is 11.3 Å². The SMILES string of the molecule is Cc1cc(-c2c(C)cccc2C)cc(N)c1N/C(N)=N/c1nccs1. The molecule has 3 aromatic rings. The summed E-state index contributed by atoms with van der Waals surface area (Å²) in [5.74, 6) is 0.268. The van der Waals surface area contributed by atoms with Gasteiger partial charge in [-0.2, -0.15) is 4.99 Å². The van der Waals surface area contributed by atoms with E-state index in [-0.39, 0.29) is 5.96 Å². The minimum atomic E-state index is 0.268. The number of hydrogen-bond donors (Lipinski definition) is 3. The number of benzene rings is 2. The van der Waals surface area contributed by atoms with Crippen LogP contribution in [0.5, 0.6) is 0 Å². The smallest absolute Gasteiger partial charge is 0.212 e. The lowest BCUT2D eigenvalue weighted by molar-refractivity contribution is 1.33. The van der Waals surface area contributed by atoms with E-state index in [0.717, 1.165) is 16.8 Å². The normalized spacial score (nSPS) is 11.6. The summed E-state index contributed by atoms with van der Waals surface area (Å²) in [6.07, 6.45) is 1.69. The van der Waals surface area contributed by atoms with Crippen LogP contribution in [0, 0.1) is 20.8 Å². The molecule has 0 amide bonds. The number of nitrogens with one attached hydrogen (secondary N) is 1. The Labute approximate surface area is 151 Å². The van der Waals surface area contributed by atoms with Crippen LogP contribution in [0.25, 0.3) is 11.1 Å². The monoisotopic (exact) mass is 351 g/mol. The average molecular weight is 351 g/mol. The van der Waals surface area contributed by atoms with E-state index < -0.39 is 0 Å². The van der Waals surface area contributed by atoms with E-state index in [2.05, 4.69) is 53.4 Å². The maximum absolute atomic E-state index is 6.30. The van der Waals surface area contributed by atoms with Crippen LogP contribution in [-0.2, 0) is 0 Å². The fourth-order valence-corrected chi connectivity index (χ4v) is 3.45. The zero-order valence-electron chi connectivity index (χ0n) is 14.5. The fourth-order valence-electron chi connectivity index (χ4n) is 2.93. The van der Waals surface area contributed by atoms with Crippen molar-refractivity contribution in [3.63, 3.8) is 0 Å². The van der Waals surface area contributed by atoms with Crippen molar-refractivity contribution in [1.82, 2.24) is 4.98 Å². The molecule has 0 aliphatic heterocycles. The van der Waals surface area contributed by atoms with E-state index in [1.54, 1.807) is 6.20 Å². The molecule has 2 aromatic carbocycles. The van der Waals surface area contributed by atoms with Crippen LogP contribution in [-0.4, -0.2) is 10.9 Å². The second-order valence-electron chi connectivity index (χ2n) is 5.96. The van der Waals surface area contributed by atoms with Crippen molar-refractivity contribution in [2.75, 3.05) is 11.1 Å². The highest BCUT2D eigenvalue weighted by Crippen LogP contribution is 2.34. The molecule has 0 radical (unpaired) electrons. The summed E-state index contributed by atoms with van der Waals surface area (Å²) in [6, 6.07) is 10.4. The van der Waals surface area contributed by atoms with Gasteiger partial charge in [-0.25, -0.2) is 4.98 Å². The molecule has 0 fully saturated rings. The van der Waals surface area contributed by atoms with E-state index in [1.165, 1.54) is 28.0 Å². The summed E-state index contributed by atoms with van der Waals surface area (Å²) < 4.78 is 0. The fraction of sp³-hybridized carbons (Fsp3) is 0.158. The molecule has 25 heavy (non-hydrogen) atoms. The van der Waals surface area contributed by atoms with Gasteiger partial charge in [-0.3, -0.25) is 0 Å². The van der Waals surface area contributed by atoms with Gasteiger partial charge in [-0.05, 0) is 60.7 Å². The van der Waals surface area contributed by atoms with Crippen LogP contribution in [0.15, 0.2) is 46.9 Å². The van der Waals surface area contributed by atoms with Gasteiger partial charge in [0.15, 0.2) is 0 Å². The number of nitrogens with two attached hydrogens (primary N) is 2. The Hall–Kier alpha value is -2.86. The summed E-state index contributed by atoms with van der Waals surface area (Å²) in [5.41, 5.74) is 19.5. The minimum absolute atomic E-state index is 0.268. The van der Waals surface area contributed by atoms with Crippen molar-refractivity contribution in [2.45, 2.75) is 20.8 Å². The molecule has 0 aliphatic carbocycles. The first-order valence-electron chi connectivity index (χ1n) is 7.93. The predicted octanol–water partition coefficient (Wildman–Crippen LogP) is 4.38. The number of aromatic nitrogens is 1. The van der Waals surface area contributed by atoms with Crippen LogP contribution < -0.4 is 16.8 Å². The predicted molar refractivity (Wildman–Crippen MR) is 108 cm³/mol. The van der Waals surface area contributed by atoms with Gasteiger partial charge in [0.1, 0.15) is 0 Å². The van der Waals surface area contributed by atoms with E-state index in [0.29, 0.717) is 10.8 Å². The lowest BCUT2D eigenvalue weighted by atomic mass is 9.94. The highest BCUT2D eigenvalue weighted by Gasteiger charge is 2.11. The van der Waals surface area contributed by atoms with Gasteiger partial charge in [-0.1, -0.05) is 18.2 Å². The number of hydrogen-bond acceptors (Lipinski definition) is 4. The molecule has 3 rings (SSSR count). The first-order valence-corrected chi connectivity index (χ1v) is 8.81. The Morgan fingerprint density at radius 2 is 1.84 bits per heavy atom. The summed E-state index contributed by atoms with van der Waals surface area (Å²) in [6.45, 7) is 6.23. The molecule has 128 valence electrons. The Bertz CT molecular complexity index is 886. The van der Waals surface area contributed by atoms with Crippen LogP contribution in [0.4, 0.5) is 16.5 Å². The number of thiazole rings is 1. The van der Waals surface area contributed by atoms with Crippen LogP contribution in [0.2, 0.25) is 0 Å². The first-order chi connectivity index (χ1) is 12.0. The number of guanidine groups is 1. The first kappa shape index (κ1) is 17.0. The van der Waals surface area contributed by atoms with Crippen LogP contribution in [0.1, 0.15) is 16.7 Å². The Balaban J connectivity index is 1.96. The second kappa shape index (κ2) is 6.94. The molecule has 0 spiro atoms. The summed E-state index contributed by atoms with van der Waals surface area (Å²) >= 11 is 1.42. The van der Waals surface area contributed by atoms with Crippen molar-refractivity contribution in [2.24, 2.45) is 10.7 Å². The topological polar surface area (TPSA) is 89.3 Å². The highest BCUT2D eigenvalue weighted by atomic mass is 32.1. The largest absolute Gasteiger partial charge is 0.397 e. The third kappa shape index (κ3) is 3.64. The maximum atomic E-state index is 6.30. The molecule has 1 heterocycles. The molecular formula is C19H21N5S. The Morgan fingerprint density at radius 3 is 2.44 bits per heavy atom. The van der Waals surface area contributed by atoms with E-state index in [1.807, 2.05) is 18.4 Å². The van der Waals surface area contributed by atoms with Crippen molar-refractivity contribution in [1.29, 1.82) is 0 Å². The standard InChI is InChI=1S/C19H21N5S/c1-11-5-4-6-12(2)16(11)14-9-13(3)17(15(20)10-14)23-18(21)24-19-22-7-8-25-19/h4-10H,20H2,1-3H3,(H3,21,22,23,24). The highest BCUT2D eigenvalue weighted by molar-refractivity contribution is 7.13. The number of rotatable bonds is 3. The van der Waals surface area contributed by atoms with Crippen molar-refractivity contribution < 1.29 is 0 Å². The molecule has 0 atom stereocenters. The van der Waals surface area contributed by atoms with Gasteiger partial charge < -0.3 is 16.8 Å². The van der Waals surface area contributed by atoms with E-state index in [4.69, 9.17) is 11.5 Å². The van der Waals surface area contributed by atoms with E-state index in [9.17, 15) is 0 Å². The van der Waals surface area contributed by atoms with Gasteiger partial charge in [0, 0.05) is 11.6 Å². The number of nitrogens with zero attached hydrogens (tertiary/aromatic N) is 2. The molecule has 5 N–H and O–H groups in total. The summed E-state index contributed by atoms with van der Waals surface area (Å²) in [7, 11) is 0. The van der Waals surface area contributed by atoms with Gasteiger partial charge in [0.2, 0.25) is 11.1 Å².